The molecular formula is C33H41N7O2. The van der Waals surface area contributed by atoms with Crippen molar-refractivity contribution in [1.82, 2.24) is 20.9 Å². The minimum Gasteiger partial charge on any atom is -0.387 e. The number of hydrogen-bond donors (Lipinski definition) is 5. The summed E-state index contributed by atoms with van der Waals surface area (Å²) in [4.78, 5) is 27.4. The Labute approximate surface area is 248 Å². The summed E-state index contributed by atoms with van der Waals surface area (Å²) in [5.74, 6) is 0.293. The van der Waals surface area contributed by atoms with Crippen molar-refractivity contribution < 1.29 is 9.59 Å². The molecule has 2 aromatic carbocycles. The molecule has 2 aromatic rings. The number of hydrogen-bond acceptors (Lipinski definition) is 6. The molecule has 0 radical (unpaired) electrons. The normalized spacial score (nSPS) is 24.3. The second-order valence-corrected chi connectivity index (χ2v) is 12.1. The maximum absolute atomic E-state index is 12.7. The molecule has 1 saturated heterocycles. The quantitative estimate of drug-likeness (QED) is 0.233. The van der Waals surface area contributed by atoms with Crippen LogP contribution in [0, 0.1) is 29.6 Å². The van der Waals surface area contributed by atoms with E-state index in [0.29, 0.717) is 48.9 Å². The second-order valence-electron chi connectivity index (χ2n) is 12.1. The third kappa shape index (κ3) is 4.94. The van der Waals surface area contributed by atoms with Crippen LogP contribution in [0.2, 0.25) is 0 Å². The molecule has 2 fully saturated rings. The van der Waals surface area contributed by atoms with E-state index in [4.69, 9.17) is 11.1 Å². The Morgan fingerprint density at radius 3 is 2.48 bits per heavy atom. The first kappa shape index (κ1) is 29.3. The molecule has 3 aliphatic rings. The highest BCUT2D eigenvalue weighted by Crippen LogP contribution is 2.49. The third-order valence-electron chi connectivity index (χ3n) is 9.44. The van der Waals surface area contributed by atoms with Gasteiger partial charge in [0.25, 0.3) is 11.8 Å². The Hall–Kier alpha value is -4.16. The Kier molecular flexibility index (Phi) is 7.86. The average Bonchev–Trinajstić information content (AvgIpc) is 3.67. The summed E-state index contributed by atoms with van der Waals surface area (Å²) in [5, 5.41) is 27.8. The zero-order valence-electron chi connectivity index (χ0n) is 24.9. The molecule has 2 unspecified atom stereocenters. The van der Waals surface area contributed by atoms with Gasteiger partial charge in [0, 0.05) is 49.5 Å². The Balaban J connectivity index is 1.54. The molecule has 0 bridgehead atoms. The number of nitrogens with one attached hydrogen (secondary N) is 4. The number of carbonyl (C=O) groups excluding carboxylic acids is 2. The first-order chi connectivity index (χ1) is 20.0. The maximum atomic E-state index is 12.7. The molecule has 9 nitrogen and oxygen atoms in total. The van der Waals surface area contributed by atoms with E-state index in [1.165, 1.54) is 0 Å². The number of carbonyl (C=O) groups is 2. The van der Waals surface area contributed by atoms with Crippen molar-refractivity contribution in [2.24, 2.45) is 11.7 Å². The Morgan fingerprint density at radius 2 is 1.83 bits per heavy atom. The fraction of sp³-hybridized carbons (Fsp3) is 0.455. The Morgan fingerprint density at radius 1 is 1.14 bits per heavy atom. The smallest absolute Gasteiger partial charge is 0.251 e. The van der Waals surface area contributed by atoms with Crippen LogP contribution in [0.15, 0.2) is 42.6 Å². The summed E-state index contributed by atoms with van der Waals surface area (Å²) in [6, 6.07) is 12.3. The summed E-state index contributed by atoms with van der Waals surface area (Å²) < 4.78 is 0. The summed E-state index contributed by atoms with van der Waals surface area (Å²) in [5.41, 5.74) is 12.3. The lowest BCUT2D eigenvalue weighted by Gasteiger charge is -2.38. The number of rotatable bonds is 9. The number of piperidine rings is 1. The first-order valence-corrected chi connectivity index (χ1v) is 14.7. The number of amidine groups is 1. The molecule has 5 rings (SSSR count). The molecule has 5 atom stereocenters. The molecule has 9 heteroatoms. The Bertz CT molecular complexity index is 1510. The molecule has 42 heavy (non-hydrogen) atoms. The lowest BCUT2D eigenvalue weighted by Crippen LogP contribution is -2.48. The van der Waals surface area contributed by atoms with E-state index < -0.39 is 5.41 Å². The minimum atomic E-state index is -0.980. The first-order valence-electron chi connectivity index (χ1n) is 14.7. The fourth-order valence-electron chi connectivity index (χ4n) is 7.21. The van der Waals surface area contributed by atoms with Gasteiger partial charge in [-0.3, -0.25) is 15.0 Å². The molecule has 0 aromatic heterocycles. The van der Waals surface area contributed by atoms with E-state index in [1.807, 2.05) is 31.2 Å². The van der Waals surface area contributed by atoms with Crippen LogP contribution < -0.4 is 21.7 Å². The molecule has 2 aliphatic carbocycles. The molecule has 220 valence electrons. The molecule has 1 aliphatic heterocycles. The lowest BCUT2D eigenvalue weighted by atomic mass is 9.67. The van der Waals surface area contributed by atoms with Gasteiger partial charge in [-0.2, -0.15) is 5.26 Å². The van der Waals surface area contributed by atoms with Crippen LogP contribution in [-0.2, 0) is 18.3 Å². The van der Waals surface area contributed by atoms with E-state index in [2.05, 4.69) is 40.4 Å². The highest BCUT2D eigenvalue weighted by molar-refractivity contribution is 5.99. The van der Waals surface area contributed by atoms with Gasteiger partial charge in [-0.05, 0) is 97.9 Å². The summed E-state index contributed by atoms with van der Waals surface area (Å²) in [6.45, 7) is 8.84. The van der Waals surface area contributed by atoms with Gasteiger partial charge in [-0.25, -0.2) is 0 Å². The van der Waals surface area contributed by atoms with Gasteiger partial charge in [0.05, 0.1) is 11.5 Å². The van der Waals surface area contributed by atoms with Gasteiger partial charge >= 0.3 is 0 Å². The minimum absolute atomic E-state index is 0.0177. The zero-order valence-corrected chi connectivity index (χ0v) is 24.9. The van der Waals surface area contributed by atoms with E-state index >= 15 is 0 Å². The predicted octanol–water partition coefficient (Wildman–Crippen LogP) is 2.90. The largest absolute Gasteiger partial charge is 0.387 e. The van der Waals surface area contributed by atoms with Crippen LogP contribution in [0.25, 0.3) is 0 Å². The van der Waals surface area contributed by atoms with Crippen molar-refractivity contribution in [3.8, 4) is 6.07 Å². The van der Waals surface area contributed by atoms with Crippen LogP contribution in [-0.4, -0.2) is 61.3 Å². The number of likely N-dealkylation sites (tertiary alicyclic amines) is 1. The van der Waals surface area contributed by atoms with Crippen molar-refractivity contribution in [2.75, 3.05) is 20.6 Å². The molecule has 6 N–H and O–H groups in total. The number of nitrogens with two attached hydrogens (primary N) is 1. The summed E-state index contributed by atoms with van der Waals surface area (Å²) in [6.07, 6.45) is 3.81. The number of benzene rings is 2. The van der Waals surface area contributed by atoms with E-state index in [9.17, 15) is 14.9 Å². The number of amides is 2. The van der Waals surface area contributed by atoms with Crippen LogP contribution in [0.1, 0.15) is 74.7 Å². The molecule has 0 spiro atoms. The van der Waals surface area contributed by atoms with Gasteiger partial charge in [0.15, 0.2) is 0 Å². The number of nitrogens with zero attached hydrogens (tertiary/aromatic N) is 2. The summed E-state index contributed by atoms with van der Waals surface area (Å²) >= 11 is 0. The lowest BCUT2D eigenvalue weighted by molar-refractivity contribution is 0.0954. The van der Waals surface area contributed by atoms with Gasteiger partial charge in [-0.1, -0.05) is 18.7 Å². The van der Waals surface area contributed by atoms with Gasteiger partial charge in [0.1, 0.15) is 11.9 Å². The third-order valence-corrected chi connectivity index (χ3v) is 9.44. The standard InChI is InChI=1S/C33H41N7O2/c1-18-10-28-22(13-26(18)31(42)38-5)7-6-21-11-23(30(41)37-4)8-9-27(21)33(28,32(35)36)15-19(2)39-17-20(3)40-25(16-34)12-24-14-29(24)40/h8-11,13,19,24-25,29,39H,3,6-7,12,14-15,17H2,1-2,4-5H3,(H3,35,36)(H,37,41)(H,38,42)/t19-,24+,25?,29-,33?/m0/s1. The van der Waals surface area contributed by atoms with Crippen molar-refractivity contribution in [3.05, 3.63) is 81.6 Å². The fourth-order valence-corrected chi connectivity index (χ4v) is 7.21. The molecule has 1 saturated carbocycles. The van der Waals surface area contributed by atoms with Gasteiger partial charge in [0.2, 0.25) is 0 Å². The number of fused-ring (bicyclic) bond motifs is 3. The number of nitriles is 1. The van der Waals surface area contributed by atoms with Gasteiger partial charge in [-0.15, -0.1) is 0 Å². The predicted molar refractivity (Wildman–Crippen MR) is 163 cm³/mol. The highest BCUT2D eigenvalue weighted by Gasteiger charge is 2.52. The highest BCUT2D eigenvalue weighted by atomic mass is 16.2. The van der Waals surface area contributed by atoms with Crippen molar-refractivity contribution in [3.63, 3.8) is 0 Å². The van der Waals surface area contributed by atoms with Crippen LogP contribution in [0.5, 0.6) is 0 Å². The monoisotopic (exact) mass is 567 g/mol. The maximum Gasteiger partial charge on any atom is 0.251 e. The zero-order chi connectivity index (χ0) is 30.3. The van der Waals surface area contributed by atoms with Crippen molar-refractivity contribution in [2.45, 2.75) is 69.5 Å². The average molecular weight is 568 g/mol. The van der Waals surface area contributed by atoms with Crippen LogP contribution in [0.4, 0.5) is 0 Å². The number of aryl methyl sites for hydroxylation is 3. The van der Waals surface area contributed by atoms with Gasteiger partial charge < -0.3 is 26.6 Å². The van der Waals surface area contributed by atoms with Crippen molar-refractivity contribution in [1.29, 1.82) is 10.7 Å². The van der Waals surface area contributed by atoms with Crippen molar-refractivity contribution >= 4 is 17.6 Å². The SMILES string of the molecule is C=C(CN[C@@H](C)CC1(C(=N)N)c2ccc(C(=O)NC)cc2CCc2cc(C(=O)NC)c(C)cc21)N1C(C#N)C[C@@H]2C[C@@H]21. The molecule has 2 amide bonds. The van der Waals surface area contributed by atoms with Crippen LogP contribution >= 0.6 is 0 Å². The van der Waals surface area contributed by atoms with E-state index in [0.717, 1.165) is 46.4 Å². The second kappa shape index (κ2) is 11.3. The van der Waals surface area contributed by atoms with E-state index in [-0.39, 0.29) is 29.7 Å². The van der Waals surface area contributed by atoms with E-state index in [1.54, 1.807) is 20.2 Å². The summed E-state index contributed by atoms with van der Waals surface area (Å²) in [7, 11) is 3.23. The van der Waals surface area contributed by atoms with Crippen LogP contribution in [0.3, 0.4) is 0 Å². The molecular weight excluding hydrogens is 526 g/mol. The molecule has 1 heterocycles. The topological polar surface area (TPSA) is 147 Å².